The van der Waals surface area contributed by atoms with Crippen molar-refractivity contribution in [1.82, 2.24) is 0 Å². The van der Waals surface area contributed by atoms with Gasteiger partial charge in [0.15, 0.2) is 0 Å². The van der Waals surface area contributed by atoms with Gasteiger partial charge in [0.2, 0.25) is 0 Å². The van der Waals surface area contributed by atoms with Crippen LogP contribution in [0.1, 0.15) is 32.3 Å². The van der Waals surface area contributed by atoms with Crippen molar-refractivity contribution < 1.29 is 5.21 Å². The molecular formula is C13H21N3O. The smallest absolute Gasteiger partial charge is 0.141 e. The fourth-order valence-corrected chi connectivity index (χ4v) is 1.78. The van der Waals surface area contributed by atoms with Gasteiger partial charge in [-0.25, -0.2) is 0 Å². The van der Waals surface area contributed by atoms with Crippen molar-refractivity contribution in [2.24, 2.45) is 10.9 Å². The molecule has 4 heteroatoms. The fraction of sp³-hybridized carbons (Fsp3) is 0.462. The second-order valence-electron chi connectivity index (χ2n) is 4.06. The third kappa shape index (κ3) is 3.98. The quantitative estimate of drug-likeness (QED) is 0.307. The van der Waals surface area contributed by atoms with Gasteiger partial charge >= 0.3 is 0 Å². The Labute approximate surface area is 103 Å². The van der Waals surface area contributed by atoms with Gasteiger partial charge in [0.1, 0.15) is 5.84 Å². The van der Waals surface area contributed by atoms with Crippen LogP contribution in [-0.2, 0) is 6.42 Å². The van der Waals surface area contributed by atoms with E-state index in [-0.39, 0.29) is 11.9 Å². The third-order valence-corrected chi connectivity index (χ3v) is 2.83. The highest BCUT2D eigenvalue weighted by atomic mass is 16.4. The van der Waals surface area contributed by atoms with Gasteiger partial charge in [-0.15, -0.1) is 0 Å². The number of benzene rings is 1. The largest absolute Gasteiger partial charge is 0.409 e. The molecule has 0 aliphatic rings. The summed E-state index contributed by atoms with van der Waals surface area (Å²) in [6, 6.07) is 8.41. The average Bonchev–Trinajstić information content (AvgIpc) is 2.38. The molecule has 1 aromatic rings. The van der Waals surface area contributed by atoms with Crippen LogP contribution in [0.15, 0.2) is 29.4 Å². The van der Waals surface area contributed by atoms with Crippen LogP contribution in [0.3, 0.4) is 0 Å². The zero-order chi connectivity index (χ0) is 12.7. The number of para-hydroxylation sites is 1. The number of nitrogens with zero attached hydrogens (tertiary/aromatic N) is 1. The predicted octanol–water partition coefficient (Wildman–Crippen LogP) is 2.58. The lowest BCUT2D eigenvalue weighted by Crippen LogP contribution is -2.26. The molecule has 0 radical (unpaired) electrons. The summed E-state index contributed by atoms with van der Waals surface area (Å²) in [5.41, 5.74) is 7.95. The molecule has 1 rings (SSSR count). The van der Waals surface area contributed by atoms with Gasteiger partial charge in [-0.2, -0.15) is 0 Å². The van der Waals surface area contributed by atoms with E-state index in [1.807, 2.05) is 12.1 Å². The Bertz CT molecular complexity index is 377. The molecule has 0 spiro atoms. The van der Waals surface area contributed by atoms with Crippen molar-refractivity contribution in [3.63, 3.8) is 0 Å². The minimum Gasteiger partial charge on any atom is -0.409 e. The molecule has 94 valence electrons. The zero-order valence-corrected chi connectivity index (χ0v) is 10.5. The molecule has 0 fully saturated rings. The average molecular weight is 235 g/mol. The molecule has 0 saturated carbocycles. The number of anilines is 1. The Morgan fingerprint density at radius 3 is 2.71 bits per heavy atom. The van der Waals surface area contributed by atoms with Gasteiger partial charge in [0.05, 0.1) is 0 Å². The van der Waals surface area contributed by atoms with E-state index in [0.29, 0.717) is 6.42 Å². The predicted molar refractivity (Wildman–Crippen MR) is 71.5 cm³/mol. The van der Waals surface area contributed by atoms with Crippen LogP contribution in [0.25, 0.3) is 0 Å². The first-order valence-electron chi connectivity index (χ1n) is 6.02. The van der Waals surface area contributed by atoms with Gasteiger partial charge in [0, 0.05) is 18.2 Å². The van der Waals surface area contributed by atoms with Gasteiger partial charge < -0.3 is 16.3 Å². The van der Waals surface area contributed by atoms with Crippen molar-refractivity contribution in [2.45, 2.75) is 39.2 Å². The van der Waals surface area contributed by atoms with Crippen molar-refractivity contribution in [3.8, 4) is 0 Å². The molecule has 0 amide bonds. The van der Waals surface area contributed by atoms with Crippen molar-refractivity contribution in [2.75, 3.05) is 5.32 Å². The van der Waals surface area contributed by atoms with Crippen LogP contribution >= 0.6 is 0 Å². The summed E-state index contributed by atoms with van der Waals surface area (Å²) in [5.74, 6) is 0.262. The topological polar surface area (TPSA) is 70.6 Å². The highest BCUT2D eigenvalue weighted by Gasteiger charge is 2.10. The standard InChI is InChI=1S/C13H21N3O/c1-3-10-7-5-6-8-12(10)15-11(4-2)9-13(14)16-17/h5-8,11,15,17H,3-4,9H2,1-2H3,(H2,14,16). The molecule has 1 unspecified atom stereocenters. The van der Waals surface area contributed by atoms with Gasteiger partial charge in [0.25, 0.3) is 0 Å². The van der Waals surface area contributed by atoms with E-state index in [0.717, 1.165) is 18.5 Å². The Morgan fingerprint density at radius 2 is 2.12 bits per heavy atom. The zero-order valence-electron chi connectivity index (χ0n) is 10.5. The number of hydrogen-bond donors (Lipinski definition) is 3. The normalized spacial score (nSPS) is 13.4. The Kier molecular flexibility index (Phi) is 5.33. The second-order valence-corrected chi connectivity index (χ2v) is 4.06. The lowest BCUT2D eigenvalue weighted by molar-refractivity contribution is 0.316. The van der Waals surface area contributed by atoms with Crippen LogP contribution in [0.2, 0.25) is 0 Å². The number of nitrogens with two attached hydrogens (primary N) is 1. The van der Waals surface area contributed by atoms with E-state index < -0.39 is 0 Å². The van der Waals surface area contributed by atoms with Gasteiger partial charge in [-0.1, -0.05) is 37.2 Å². The van der Waals surface area contributed by atoms with Crippen LogP contribution in [0.5, 0.6) is 0 Å². The molecule has 0 aromatic heterocycles. The lowest BCUT2D eigenvalue weighted by Gasteiger charge is -2.19. The first kappa shape index (κ1) is 13.4. The number of oxime groups is 1. The van der Waals surface area contributed by atoms with Gasteiger partial charge in [-0.05, 0) is 24.5 Å². The van der Waals surface area contributed by atoms with Crippen molar-refractivity contribution in [3.05, 3.63) is 29.8 Å². The highest BCUT2D eigenvalue weighted by molar-refractivity contribution is 5.80. The van der Waals surface area contributed by atoms with Crippen LogP contribution in [0.4, 0.5) is 5.69 Å². The Morgan fingerprint density at radius 1 is 1.41 bits per heavy atom. The van der Waals surface area contributed by atoms with Crippen LogP contribution in [0, 0.1) is 0 Å². The van der Waals surface area contributed by atoms with E-state index in [9.17, 15) is 0 Å². The second kappa shape index (κ2) is 6.78. The minimum absolute atomic E-state index is 0.193. The molecular weight excluding hydrogens is 214 g/mol. The molecule has 0 saturated heterocycles. The summed E-state index contributed by atoms with van der Waals surface area (Å²) in [4.78, 5) is 0. The number of hydrogen-bond acceptors (Lipinski definition) is 3. The van der Waals surface area contributed by atoms with Crippen LogP contribution < -0.4 is 11.1 Å². The molecule has 0 aliphatic heterocycles. The molecule has 4 N–H and O–H groups in total. The molecule has 1 atom stereocenters. The number of rotatable bonds is 6. The molecule has 0 aliphatic carbocycles. The summed E-state index contributed by atoms with van der Waals surface area (Å²) in [6.07, 6.45) is 2.46. The lowest BCUT2D eigenvalue weighted by atomic mass is 10.1. The van der Waals surface area contributed by atoms with Crippen molar-refractivity contribution in [1.29, 1.82) is 0 Å². The number of aryl methyl sites for hydroxylation is 1. The number of amidine groups is 1. The monoisotopic (exact) mass is 235 g/mol. The van der Waals surface area contributed by atoms with E-state index >= 15 is 0 Å². The third-order valence-electron chi connectivity index (χ3n) is 2.83. The summed E-state index contributed by atoms with van der Waals surface area (Å²) in [5, 5.41) is 15.0. The maximum Gasteiger partial charge on any atom is 0.141 e. The van der Waals surface area contributed by atoms with E-state index in [1.54, 1.807) is 0 Å². The Balaban J connectivity index is 2.73. The van der Waals surface area contributed by atoms with Crippen molar-refractivity contribution >= 4 is 11.5 Å². The minimum atomic E-state index is 0.193. The molecule has 0 heterocycles. The van der Waals surface area contributed by atoms with E-state index in [1.165, 1.54) is 5.56 Å². The van der Waals surface area contributed by atoms with E-state index in [4.69, 9.17) is 10.9 Å². The summed E-state index contributed by atoms with van der Waals surface area (Å²) >= 11 is 0. The maximum atomic E-state index is 8.58. The molecule has 17 heavy (non-hydrogen) atoms. The molecule has 4 nitrogen and oxygen atoms in total. The summed E-state index contributed by atoms with van der Waals surface area (Å²) in [7, 11) is 0. The summed E-state index contributed by atoms with van der Waals surface area (Å²) in [6.45, 7) is 4.21. The first-order valence-corrected chi connectivity index (χ1v) is 6.02. The first-order chi connectivity index (χ1) is 8.21. The highest BCUT2D eigenvalue weighted by Crippen LogP contribution is 2.18. The van der Waals surface area contributed by atoms with Crippen LogP contribution in [-0.4, -0.2) is 17.1 Å². The van der Waals surface area contributed by atoms with Gasteiger partial charge in [-0.3, -0.25) is 0 Å². The maximum absolute atomic E-state index is 8.58. The molecule has 1 aromatic carbocycles. The SMILES string of the molecule is CCc1ccccc1NC(CC)CC(N)=NO. The summed E-state index contributed by atoms with van der Waals surface area (Å²) < 4.78 is 0. The Hall–Kier alpha value is -1.71. The molecule has 0 bridgehead atoms. The van der Waals surface area contributed by atoms with E-state index in [2.05, 4.69) is 36.5 Å². The fourth-order valence-electron chi connectivity index (χ4n) is 1.78. The number of nitrogens with one attached hydrogen (secondary N) is 1.